The number of nitrogens with two attached hydrogens (primary N) is 1. The van der Waals surface area contributed by atoms with E-state index >= 15 is 0 Å². The quantitative estimate of drug-likeness (QED) is 0.687. The highest BCUT2D eigenvalue weighted by Gasteiger charge is 2.26. The molecular formula is C12H20N6O3. The molecule has 3 N–H and O–H groups in total. The van der Waals surface area contributed by atoms with Crippen molar-refractivity contribution in [1.29, 1.82) is 0 Å². The summed E-state index contributed by atoms with van der Waals surface area (Å²) >= 11 is 0. The number of nitrogens with zero attached hydrogens (tertiary/aromatic N) is 5. The van der Waals surface area contributed by atoms with Gasteiger partial charge in [0.2, 0.25) is 17.8 Å². The zero-order chi connectivity index (χ0) is 14.7. The van der Waals surface area contributed by atoms with Crippen molar-refractivity contribution in [2.45, 2.75) is 6.04 Å². The summed E-state index contributed by atoms with van der Waals surface area (Å²) in [6.07, 6.45) is 0. The molecule has 1 aromatic rings. The molecule has 116 valence electrons. The van der Waals surface area contributed by atoms with Crippen molar-refractivity contribution < 1.29 is 14.6 Å². The largest absolute Gasteiger partial charge is 0.394 e. The molecule has 0 saturated carbocycles. The van der Waals surface area contributed by atoms with Crippen LogP contribution in [0.3, 0.4) is 0 Å². The fraction of sp³-hybridized carbons (Fsp3) is 0.750. The Hall–Kier alpha value is -1.71. The number of anilines is 3. The molecule has 9 heteroatoms. The summed E-state index contributed by atoms with van der Waals surface area (Å²) in [7, 11) is 0. The monoisotopic (exact) mass is 296 g/mol. The highest BCUT2D eigenvalue weighted by Crippen LogP contribution is 2.19. The Kier molecular flexibility index (Phi) is 4.32. The van der Waals surface area contributed by atoms with Gasteiger partial charge in [0.15, 0.2) is 0 Å². The second-order valence-corrected chi connectivity index (χ2v) is 5.00. The first-order chi connectivity index (χ1) is 10.3. The molecule has 0 bridgehead atoms. The maximum Gasteiger partial charge on any atom is 0.232 e. The Morgan fingerprint density at radius 3 is 2.52 bits per heavy atom. The molecule has 3 rings (SSSR count). The van der Waals surface area contributed by atoms with Gasteiger partial charge in [0, 0.05) is 19.6 Å². The van der Waals surface area contributed by atoms with Crippen LogP contribution in [0.1, 0.15) is 0 Å². The van der Waals surface area contributed by atoms with Gasteiger partial charge < -0.3 is 30.1 Å². The van der Waals surface area contributed by atoms with E-state index in [0.29, 0.717) is 44.9 Å². The second kappa shape index (κ2) is 6.37. The number of ether oxygens (including phenoxy) is 2. The fourth-order valence-electron chi connectivity index (χ4n) is 2.47. The summed E-state index contributed by atoms with van der Waals surface area (Å²) in [5.74, 6) is 1.24. The third-order valence-electron chi connectivity index (χ3n) is 3.62. The molecule has 0 aliphatic carbocycles. The third kappa shape index (κ3) is 3.14. The lowest BCUT2D eigenvalue weighted by Crippen LogP contribution is -2.48. The number of rotatable bonds is 3. The SMILES string of the molecule is Nc1nc(N2CCOCC2)nc(N2CCOCC2CO)n1. The second-order valence-electron chi connectivity index (χ2n) is 5.00. The van der Waals surface area contributed by atoms with Crippen molar-refractivity contribution in [2.24, 2.45) is 0 Å². The molecule has 2 aliphatic heterocycles. The van der Waals surface area contributed by atoms with Crippen molar-refractivity contribution in [3.63, 3.8) is 0 Å². The Bertz CT molecular complexity index is 482. The first-order valence-electron chi connectivity index (χ1n) is 7.07. The number of aliphatic hydroxyl groups excluding tert-OH is 1. The molecule has 2 aliphatic rings. The van der Waals surface area contributed by atoms with Crippen molar-refractivity contribution in [1.82, 2.24) is 15.0 Å². The van der Waals surface area contributed by atoms with Crippen LogP contribution in [0.25, 0.3) is 0 Å². The van der Waals surface area contributed by atoms with Crippen LogP contribution < -0.4 is 15.5 Å². The lowest BCUT2D eigenvalue weighted by molar-refractivity contribution is 0.0718. The molecule has 3 heterocycles. The normalized spacial score (nSPS) is 23.4. The van der Waals surface area contributed by atoms with Crippen LogP contribution >= 0.6 is 0 Å². The number of aliphatic hydroxyl groups is 1. The number of morpholine rings is 2. The van der Waals surface area contributed by atoms with Crippen molar-refractivity contribution in [3.05, 3.63) is 0 Å². The lowest BCUT2D eigenvalue weighted by Gasteiger charge is -2.35. The van der Waals surface area contributed by atoms with Gasteiger partial charge in [-0.05, 0) is 0 Å². The summed E-state index contributed by atoms with van der Waals surface area (Å²) in [4.78, 5) is 16.9. The molecular weight excluding hydrogens is 276 g/mol. The average Bonchev–Trinajstić information content (AvgIpc) is 2.55. The summed E-state index contributed by atoms with van der Waals surface area (Å²) in [5.41, 5.74) is 5.82. The molecule has 2 saturated heterocycles. The van der Waals surface area contributed by atoms with Crippen LogP contribution in [0.2, 0.25) is 0 Å². The molecule has 2 fully saturated rings. The molecule has 9 nitrogen and oxygen atoms in total. The Morgan fingerprint density at radius 2 is 1.76 bits per heavy atom. The van der Waals surface area contributed by atoms with Crippen LogP contribution in [0.5, 0.6) is 0 Å². The zero-order valence-corrected chi connectivity index (χ0v) is 11.8. The number of hydrogen-bond donors (Lipinski definition) is 2. The number of nitrogen functional groups attached to an aromatic ring is 1. The van der Waals surface area contributed by atoms with E-state index in [1.807, 2.05) is 9.80 Å². The van der Waals surface area contributed by atoms with Gasteiger partial charge in [-0.2, -0.15) is 15.0 Å². The topological polar surface area (TPSA) is 110 Å². The van der Waals surface area contributed by atoms with Crippen molar-refractivity contribution >= 4 is 17.8 Å². The predicted molar refractivity (Wildman–Crippen MR) is 76.3 cm³/mol. The molecule has 0 amide bonds. The highest BCUT2D eigenvalue weighted by molar-refractivity contribution is 5.44. The van der Waals surface area contributed by atoms with Crippen LogP contribution in [-0.2, 0) is 9.47 Å². The number of aromatic nitrogens is 3. The summed E-state index contributed by atoms with van der Waals surface area (Å²) in [5, 5.41) is 9.46. The molecule has 0 aromatic carbocycles. The minimum atomic E-state index is -0.155. The van der Waals surface area contributed by atoms with Crippen molar-refractivity contribution in [2.75, 3.05) is 68.2 Å². The van der Waals surface area contributed by atoms with E-state index in [1.165, 1.54) is 0 Å². The molecule has 1 unspecified atom stereocenters. The molecule has 1 aromatic heterocycles. The molecule has 0 radical (unpaired) electrons. The smallest absolute Gasteiger partial charge is 0.232 e. The first kappa shape index (κ1) is 14.2. The van der Waals surface area contributed by atoms with E-state index < -0.39 is 0 Å². The van der Waals surface area contributed by atoms with E-state index in [1.54, 1.807) is 0 Å². The fourth-order valence-corrected chi connectivity index (χ4v) is 2.47. The van der Waals surface area contributed by atoms with E-state index in [4.69, 9.17) is 15.2 Å². The van der Waals surface area contributed by atoms with E-state index in [2.05, 4.69) is 15.0 Å². The maximum absolute atomic E-state index is 9.46. The minimum absolute atomic E-state index is 0.0154. The summed E-state index contributed by atoms with van der Waals surface area (Å²) in [6.45, 7) is 4.40. The Labute approximate surface area is 122 Å². The standard InChI is InChI=1S/C12H20N6O3/c13-10-14-11(17-1-4-20-5-2-17)16-12(15-10)18-3-6-21-8-9(18)7-19/h9,19H,1-8H2,(H2,13,14,15,16). The van der Waals surface area contributed by atoms with Gasteiger partial charge in [-0.3, -0.25) is 0 Å². The van der Waals surface area contributed by atoms with Gasteiger partial charge in [-0.1, -0.05) is 0 Å². The van der Waals surface area contributed by atoms with Gasteiger partial charge >= 0.3 is 0 Å². The van der Waals surface area contributed by atoms with Gasteiger partial charge in [-0.15, -0.1) is 0 Å². The lowest BCUT2D eigenvalue weighted by atomic mass is 10.2. The number of hydrogen-bond acceptors (Lipinski definition) is 9. The van der Waals surface area contributed by atoms with Gasteiger partial charge in [0.1, 0.15) is 0 Å². The highest BCUT2D eigenvalue weighted by atomic mass is 16.5. The van der Waals surface area contributed by atoms with Crippen molar-refractivity contribution in [3.8, 4) is 0 Å². The van der Waals surface area contributed by atoms with Crippen LogP contribution in [0.15, 0.2) is 0 Å². The summed E-state index contributed by atoms with van der Waals surface area (Å²) < 4.78 is 10.7. The van der Waals surface area contributed by atoms with Gasteiger partial charge in [0.25, 0.3) is 0 Å². The Morgan fingerprint density at radius 1 is 1.05 bits per heavy atom. The minimum Gasteiger partial charge on any atom is -0.394 e. The zero-order valence-electron chi connectivity index (χ0n) is 11.8. The van der Waals surface area contributed by atoms with Gasteiger partial charge in [0.05, 0.1) is 39.1 Å². The first-order valence-corrected chi connectivity index (χ1v) is 7.07. The molecule has 21 heavy (non-hydrogen) atoms. The van der Waals surface area contributed by atoms with E-state index in [-0.39, 0.29) is 18.6 Å². The van der Waals surface area contributed by atoms with Crippen LogP contribution in [0, 0.1) is 0 Å². The molecule has 1 atom stereocenters. The average molecular weight is 296 g/mol. The van der Waals surface area contributed by atoms with Gasteiger partial charge in [-0.25, -0.2) is 0 Å². The van der Waals surface area contributed by atoms with Crippen LogP contribution in [-0.4, -0.2) is 78.8 Å². The van der Waals surface area contributed by atoms with E-state index in [0.717, 1.165) is 13.1 Å². The maximum atomic E-state index is 9.46. The predicted octanol–water partition coefficient (Wildman–Crippen LogP) is -1.51. The Balaban J connectivity index is 1.85. The molecule has 0 spiro atoms. The van der Waals surface area contributed by atoms with Crippen LogP contribution in [0.4, 0.5) is 17.8 Å². The summed E-state index contributed by atoms with van der Waals surface area (Å²) in [6, 6.07) is -0.155. The van der Waals surface area contributed by atoms with E-state index in [9.17, 15) is 5.11 Å². The third-order valence-corrected chi connectivity index (χ3v) is 3.62.